The molecule has 0 saturated heterocycles. The van der Waals surface area contributed by atoms with Crippen LogP contribution >= 0.6 is 33.9 Å². The summed E-state index contributed by atoms with van der Waals surface area (Å²) >= 11 is 3.41. The van der Waals surface area contributed by atoms with Gasteiger partial charge in [-0.15, -0.1) is 11.3 Å². The fraction of sp³-hybridized carbons (Fsp3) is 0.100. The van der Waals surface area contributed by atoms with Crippen LogP contribution in [-0.4, -0.2) is 0 Å². The van der Waals surface area contributed by atoms with Gasteiger partial charge in [0.05, 0.1) is 12.5 Å². The summed E-state index contributed by atoms with van der Waals surface area (Å²) in [7, 11) is 0. The van der Waals surface area contributed by atoms with Crippen molar-refractivity contribution in [3.05, 3.63) is 32.5 Å². The van der Waals surface area contributed by atoms with Crippen molar-refractivity contribution in [3.8, 4) is 6.07 Å². The molecular weight excluding hydrogens is 312 g/mol. The average molecular weight is 317 g/mol. The van der Waals surface area contributed by atoms with Crippen LogP contribution in [-0.2, 0) is 6.42 Å². The van der Waals surface area contributed by atoms with Crippen LogP contribution in [0.1, 0.15) is 5.56 Å². The summed E-state index contributed by atoms with van der Waals surface area (Å²) in [5.74, 6) is -0.144. The highest BCUT2D eigenvalue weighted by Gasteiger charge is 2.09. The number of rotatable bonds is 1. The summed E-state index contributed by atoms with van der Waals surface area (Å²) in [6.07, 6.45) is 0.381. The Morgan fingerprint density at radius 1 is 1.50 bits per heavy atom. The Labute approximate surface area is 98.3 Å². The van der Waals surface area contributed by atoms with Crippen LogP contribution in [0, 0.1) is 20.0 Å². The van der Waals surface area contributed by atoms with Crippen molar-refractivity contribution in [2.24, 2.45) is 0 Å². The Balaban J connectivity index is 2.63. The van der Waals surface area contributed by atoms with Gasteiger partial charge < -0.3 is 0 Å². The predicted molar refractivity (Wildman–Crippen MR) is 63.8 cm³/mol. The van der Waals surface area contributed by atoms with E-state index in [0.29, 0.717) is 14.7 Å². The van der Waals surface area contributed by atoms with E-state index in [1.807, 2.05) is 28.7 Å². The summed E-state index contributed by atoms with van der Waals surface area (Å²) in [6.45, 7) is 0. The van der Waals surface area contributed by atoms with Crippen LogP contribution in [0.2, 0.25) is 0 Å². The Morgan fingerprint density at radius 3 is 3.00 bits per heavy atom. The van der Waals surface area contributed by atoms with Crippen LogP contribution in [0.15, 0.2) is 18.2 Å². The summed E-state index contributed by atoms with van der Waals surface area (Å²) in [5, 5.41) is 9.18. The van der Waals surface area contributed by atoms with Gasteiger partial charge in [0, 0.05) is 10.1 Å². The maximum Gasteiger partial charge on any atom is 0.155 e. The summed E-state index contributed by atoms with van der Waals surface area (Å²) < 4.78 is 15.0. The molecule has 0 amide bonds. The molecule has 4 heteroatoms. The van der Waals surface area contributed by atoms with Gasteiger partial charge in [-0.1, -0.05) is 12.1 Å². The second kappa shape index (κ2) is 3.83. The minimum Gasteiger partial charge on any atom is -0.204 e. The van der Waals surface area contributed by atoms with Gasteiger partial charge in [0.1, 0.15) is 2.88 Å². The monoisotopic (exact) mass is 317 g/mol. The van der Waals surface area contributed by atoms with E-state index in [1.165, 1.54) is 11.3 Å². The summed E-state index contributed by atoms with van der Waals surface area (Å²) in [5.41, 5.74) is 0.942. The van der Waals surface area contributed by atoms with Crippen molar-refractivity contribution in [1.82, 2.24) is 0 Å². The minimum absolute atomic E-state index is 0.144. The van der Waals surface area contributed by atoms with E-state index < -0.39 is 0 Å². The van der Waals surface area contributed by atoms with Gasteiger partial charge in [-0.05, 0) is 34.2 Å². The van der Waals surface area contributed by atoms with E-state index >= 15 is 0 Å². The fourth-order valence-corrected chi connectivity index (χ4v) is 3.15. The Kier molecular flexibility index (Phi) is 2.70. The molecule has 0 saturated carbocycles. The molecule has 0 N–H and O–H groups in total. The number of fused-ring (bicyclic) bond motifs is 1. The van der Waals surface area contributed by atoms with Gasteiger partial charge in [-0.25, -0.2) is 4.39 Å². The molecule has 0 aliphatic heterocycles. The quantitative estimate of drug-likeness (QED) is 0.736. The lowest BCUT2D eigenvalue weighted by Crippen LogP contribution is -1.79. The maximum atomic E-state index is 13.4. The van der Waals surface area contributed by atoms with Crippen LogP contribution in [0.3, 0.4) is 0 Å². The molecule has 2 aromatic rings. The molecule has 14 heavy (non-hydrogen) atoms. The molecule has 0 radical (unpaired) electrons. The van der Waals surface area contributed by atoms with Crippen molar-refractivity contribution in [2.45, 2.75) is 6.42 Å². The average Bonchev–Trinajstić information content (AvgIpc) is 2.43. The number of benzene rings is 1. The first-order valence-electron chi connectivity index (χ1n) is 3.95. The molecule has 0 bridgehead atoms. The minimum atomic E-state index is -0.144. The van der Waals surface area contributed by atoms with Crippen molar-refractivity contribution in [1.29, 1.82) is 5.26 Å². The number of thiophene rings is 1. The molecule has 0 atom stereocenters. The molecule has 1 heterocycles. The molecule has 1 aromatic heterocycles. The molecule has 1 aromatic carbocycles. The Morgan fingerprint density at radius 2 is 2.29 bits per heavy atom. The fourth-order valence-electron chi connectivity index (χ4n) is 1.28. The molecule has 0 unspecified atom stereocenters. The lowest BCUT2D eigenvalue weighted by molar-refractivity contribution is 0.638. The predicted octanol–water partition coefficient (Wildman–Crippen LogP) is 3.71. The van der Waals surface area contributed by atoms with Crippen LogP contribution in [0.25, 0.3) is 10.1 Å². The lowest BCUT2D eigenvalue weighted by Gasteiger charge is -1.93. The van der Waals surface area contributed by atoms with Crippen molar-refractivity contribution < 1.29 is 4.39 Å². The van der Waals surface area contributed by atoms with Crippen LogP contribution in [0.5, 0.6) is 0 Å². The molecule has 1 nitrogen and oxygen atoms in total. The zero-order chi connectivity index (χ0) is 10.1. The molecule has 2 rings (SSSR count). The van der Waals surface area contributed by atoms with Gasteiger partial charge in [-0.3, -0.25) is 0 Å². The number of hydrogen-bond donors (Lipinski definition) is 0. The third kappa shape index (κ3) is 1.62. The summed E-state index contributed by atoms with van der Waals surface area (Å²) in [6, 6.07) is 7.51. The molecule has 0 fully saturated rings. The van der Waals surface area contributed by atoms with Gasteiger partial charge >= 0.3 is 0 Å². The van der Waals surface area contributed by atoms with Crippen molar-refractivity contribution in [2.75, 3.05) is 0 Å². The van der Waals surface area contributed by atoms with Crippen molar-refractivity contribution in [3.63, 3.8) is 0 Å². The smallest absolute Gasteiger partial charge is 0.155 e. The van der Waals surface area contributed by atoms with E-state index in [2.05, 4.69) is 6.07 Å². The first-order chi connectivity index (χ1) is 6.72. The molecule has 70 valence electrons. The zero-order valence-corrected chi connectivity index (χ0v) is 10.0. The largest absolute Gasteiger partial charge is 0.204 e. The number of nitriles is 1. The van der Waals surface area contributed by atoms with E-state index in [-0.39, 0.29) is 5.82 Å². The van der Waals surface area contributed by atoms with E-state index in [4.69, 9.17) is 5.26 Å². The number of nitrogens with zero attached hydrogens (tertiary/aromatic N) is 1. The molecule has 0 aliphatic rings. The highest BCUT2D eigenvalue weighted by atomic mass is 127. The SMILES string of the molecule is N#CCc1ccc2c(F)c(I)sc2c1. The maximum absolute atomic E-state index is 13.4. The van der Waals surface area contributed by atoms with Gasteiger partial charge in [0.25, 0.3) is 0 Å². The molecule has 0 aliphatic carbocycles. The Bertz CT molecular complexity index is 527. The Hall–Kier alpha value is -0.670. The van der Waals surface area contributed by atoms with Crippen molar-refractivity contribution >= 4 is 44.0 Å². The zero-order valence-electron chi connectivity index (χ0n) is 7.05. The topological polar surface area (TPSA) is 23.8 Å². The normalized spacial score (nSPS) is 10.4. The third-order valence-corrected chi connectivity index (χ3v) is 3.99. The lowest BCUT2D eigenvalue weighted by atomic mass is 10.1. The van der Waals surface area contributed by atoms with Gasteiger partial charge in [0.15, 0.2) is 5.82 Å². The molecule has 0 spiro atoms. The van der Waals surface area contributed by atoms with E-state index in [9.17, 15) is 4.39 Å². The van der Waals surface area contributed by atoms with Crippen LogP contribution in [0.4, 0.5) is 4.39 Å². The van der Waals surface area contributed by atoms with Gasteiger partial charge in [0.2, 0.25) is 0 Å². The standard InChI is InChI=1S/C10H5FINS/c11-9-7-2-1-6(3-4-13)5-8(7)14-10(9)12/h1-2,5H,3H2. The van der Waals surface area contributed by atoms with E-state index in [0.717, 1.165) is 10.3 Å². The third-order valence-electron chi connectivity index (χ3n) is 1.94. The second-order valence-electron chi connectivity index (χ2n) is 2.86. The van der Waals surface area contributed by atoms with Crippen LogP contribution < -0.4 is 0 Å². The second-order valence-corrected chi connectivity index (χ2v) is 5.72. The molecular formula is C10H5FINS. The highest BCUT2D eigenvalue weighted by Crippen LogP contribution is 2.31. The van der Waals surface area contributed by atoms with E-state index in [1.54, 1.807) is 12.1 Å². The first kappa shape index (κ1) is 9.87. The summed E-state index contributed by atoms with van der Waals surface area (Å²) in [4.78, 5) is 0. The highest BCUT2D eigenvalue weighted by molar-refractivity contribution is 14.1. The first-order valence-corrected chi connectivity index (χ1v) is 5.85. The number of halogens is 2. The number of hydrogen-bond acceptors (Lipinski definition) is 2. The van der Waals surface area contributed by atoms with Gasteiger partial charge in [-0.2, -0.15) is 5.26 Å².